The predicted molar refractivity (Wildman–Crippen MR) is 121 cm³/mol. The lowest BCUT2D eigenvalue weighted by Gasteiger charge is -2.36. The lowest BCUT2D eigenvalue weighted by Crippen LogP contribution is -2.46. The second kappa shape index (κ2) is 10.1. The molecule has 0 spiro atoms. The molecule has 1 fully saturated rings. The standard InChI is InChI=1S/C25H26FN3O2/c26-23-17-22(27-25(30)31-19-21-9-5-2-6-10-21)11-12-24(23)29-15-13-28(14-16-29)18-20-7-3-1-4-8-20/h1-12,17H,13-16,18-19H2,(H,27,30). The molecule has 5 nitrogen and oxygen atoms in total. The maximum atomic E-state index is 14.7. The molecule has 0 bridgehead atoms. The number of halogens is 1. The summed E-state index contributed by atoms with van der Waals surface area (Å²) in [6.45, 7) is 4.34. The van der Waals surface area contributed by atoms with Gasteiger partial charge in [-0.1, -0.05) is 60.7 Å². The fraction of sp³-hybridized carbons (Fsp3) is 0.240. The van der Waals surface area contributed by atoms with Gasteiger partial charge < -0.3 is 9.64 Å². The zero-order chi connectivity index (χ0) is 21.5. The molecule has 31 heavy (non-hydrogen) atoms. The molecule has 4 rings (SSSR count). The quantitative estimate of drug-likeness (QED) is 0.618. The van der Waals surface area contributed by atoms with Crippen LogP contribution in [0.2, 0.25) is 0 Å². The van der Waals surface area contributed by atoms with E-state index in [0.717, 1.165) is 38.3 Å². The van der Waals surface area contributed by atoms with Gasteiger partial charge in [-0.25, -0.2) is 9.18 Å². The van der Waals surface area contributed by atoms with Gasteiger partial charge in [-0.15, -0.1) is 0 Å². The Kier molecular flexibility index (Phi) is 6.79. The van der Waals surface area contributed by atoms with E-state index >= 15 is 0 Å². The molecular weight excluding hydrogens is 393 g/mol. The van der Waals surface area contributed by atoms with Gasteiger partial charge in [-0.05, 0) is 29.3 Å². The van der Waals surface area contributed by atoms with Gasteiger partial charge in [0, 0.05) is 38.4 Å². The van der Waals surface area contributed by atoms with Gasteiger partial charge in [0.1, 0.15) is 12.4 Å². The molecule has 1 saturated heterocycles. The first-order chi connectivity index (χ1) is 15.2. The fourth-order valence-corrected chi connectivity index (χ4v) is 3.71. The van der Waals surface area contributed by atoms with Crippen molar-refractivity contribution in [1.82, 2.24) is 4.90 Å². The number of amides is 1. The number of hydrogen-bond donors (Lipinski definition) is 1. The number of nitrogens with zero attached hydrogens (tertiary/aromatic N) is 2. The molecule has 160 valence electrons. The van der Waals surface area contributed by atoms with Crippen molar-refractivity contribution in [2.24, 2.45) is 0 Å². The highest BCUT2D eigenvalue weighted by molar-refractivity contribution is 5.85. The van der Waals surface area contributed by atoms with Crippen molar-refractivity contribution < 1.29 is 13.9 Å². The SMILES string of the molecule is O=C(Nc1ccc(N2CCN(Cc3ccccc3)CC2)c(F)c1)OCc1ccccc1. The molecule has 0 radical (unpaired) electrons. The van der Waals surface area contributed by atoms with Crippen LogP contribution < -0.4 is 10.2 Å². The normalized spacial score (nSPS) is 14.3. The number of piperazine rings is 1. The van der Waals surface area contributed by atoms with Crippen LogP contribution in [0.3, 0.4) is 0 Å². The van der Waals surface area contributed by atoms with Crippen LogP contribution in [-0.4, -0.2) is 37.2 Å². The van der Waals surface area contributed by atoms with Crippen LogP contribution in [-0.2, 0) is 17.9 Å². The van der Waals surface area contributed by atoms with E-state index in [0.29, 0.717) is 11.4 Å². The summed E-state index contributed by atoms with van der Waals surface area (Å²) in [4.78, 5) is 16.4. The molecule has 0 unspecified atom stereocenters. The number of carbonyl (C=O) groups excluding carboxylic acids is 1. The molecule has 3 aromatic carbocycles. The average molecular weight is 420 g/mol. The van der Waals surface area contributed by atoms with Gasteiger partial charge in [0.2, 0.25) is 0 Å². The molecular formula is C25H26FN3O2. The molecule has 0 aliphatic carbocycles. The lowest BCUT2D eigenvalue weighted by molar-refractivity contribution is 0.155. The second-order valence-corrected chi connectivity index (χ2v) is 7.60. The van der Waals surface area contributed by atoms with Gasteiger partial charge in [-0.2, -0.15) is 0 Å². The maximum Gasteiger partial charge on any atom is 0.411 e. The van der Waals surface area contributed by atoms with Crippen LogP contribution in [0.5, 0.6) is 0 Å². The summed E-state index contributed by atoms with van der Waals surface area (Å²) in [6.07, 6.45) is -0.606. The van der Waals surface area contributed by atoms with Crippen molar-refractivity contribution in [2.75, 3.05) is 36.4 Å². The van der Waals surface area contributed by atoms with Crippen molar-refractivity contribution in [3.8, 4) is 0 Å². The van der Waals surface area contributed by atoms with Gasteiger partial charge in [0.05, 0.1) is 5.69 Å². The average Bonchev–Trinajstić information content (AvgIpc) is 2.80. The Balaban J connectivity index is 1.28. The van der Waals surface area contributed by atoms with Crippen molar-refractivity contribution >= 4 is 17.5 Å². The number of benzene rings is 3. The van der Waals surface area contributed by atoms with Gasteiger partial charge in [0.15, 0.2) is 0 Å². The minimum atomic E-state index is -0.606. The first-order valence-electron chi connectivity index (χ1n) is 10.5. The Morgan fingerprint density at radius 3 is 2.16 bits per heavy atom. The van der Waals surface area contributed by atoms with Crippen molar-refractivity contribution in [2.45, 2.75) is 13.2 Å². The lowest BCUT2D eigenvalue weighted by atomic mass is 10.2. The molecule has 0 saturated carbocycles. The number of rotatable bonds is 6. The third-order valence-corrected chi connectivity index (χ3v) is 5.37. The van der Waals surface area contributed by atoms with E-state index in [2.05, 4.69) is 22.3 Å². The Morgan fingerprint density at radius 1 is 0.871 bits per heavy atom. The minimum Gasteiger partial charge on any atom is -0.444 e. The van der Waals surface area contributed by atoms with E-state index in [-0.39, 0.29) is 12.4 Å². The van der Waals surface area contributed by atoms with Crippen LogP contribution in [0.4, 0.5) is 20.6 Å². The second-order valence-electron chi connectivity index (χ2n) is 7.60. The highest BCUT2D eigenvalue weighted by Gasteiger charge is 2.20. The Morgan fingerprint density at radius 2 is 1.52 bits per heavy atom. The number of ether oxygens (including phenoxy) is 1. The molecule has 3 aromatic rings. The van der Waals surface area contributed by atoms with Crippen molar-refractivity contribution in [1.29, 1.82) is 0 Å². The molecule has 1 aliphatic rings. The zero-order valence-corrected chi connectivity index (χ0v) is 17.3. The first kappa shape index (κ1) is 20.9. The van der Waals surface area contributed by atoms with E-state index in [4.69, 9.17) is 4.74 Å². The van der Waals surface area contributed by atoms with E-state index < -0.39 is 6.09 Å². The summed E-state index contributed by atoms with van der Waals surface area (Å²) in [5.74, 6) is -0.350. The Bertz CT molecular complexity index is 990. The van der Waals surface area contributed by atoms with Gasteiger partial charge in [-0.3, -0.25) is 10.2 Å². The van der Waals surface area contributed by atoms with Crippen LogP contribution in [0.15, 0.2) is 78.9 Å². The predicted octanol–water partition coefficient (Wildman–Crippen LogP) is 4.90. The molecule has 1 amide bonds. The maximum absolute atomic E-state index is 14.7. The van der Waals surface area contributed by atoms with E-state index in [1.165, 1.54) is 11.6 Å². The summed E-state index contributed by atoms with van der Waals surface area (Å²) in [5, 5.41) is 2.59. The fourth-order valence-electron chi connectivity index (χ4n) is 3.71. The van der Waals surface area contributed by atoms with Crippen LogP contribution in [0.25, 0.3) is 0 Å². The third-order valence-electron chi connectivity index (χ3n) is 5.37. The molecule has 6 heteroatoms. The van der Waals surface area contributed by atoms with Crippen LogP contribution in [0, 0.1) is 5.82 Å². The third kappa shape index (κ3) is 5.83. The Hall–Kier alpha value is -3.38. The largest absolute Gasteiger partial charge is 0.444 e. The molecule has 0 atom stereocenters. The molecule has 0 aromatic heterocycles. The highest BCUT2D eigenvalue weighted by Crippen LogP contribution is 2.24. The summed E-state index contributed by atoms with van der Waals surface area (Å²) >= 11 is 0. The topological polar surface area (TPSA) is 44.8 Å². The molecule has 1 heterocycles. The molecule has 1 N–H and O–H groups in total. The summed E-state index contributed by atoms with van der Waals surface area (Å²) in [6, 6.07) is 24.6. The van der Waals surface area contributed by atoms with Gasteiger partial charge in [0.25, 0.3) is 0 Å². The van der Waals surface area contributed by atoms with E-state index in [9.17, 15) is 9.18 Å². The monoisotopic (exact) mass is 419 g/mol. The smallest absolute Gasteiger partial charge is 0.411 e. The Labute approximate surface area is 182 Å². The number of anilines is 2. The van der Waals surface area contributed by atoms with E-state index in [1.807, 2.05) is 53.4 Å². The summed E-state index contributed by atoms with van der Waals surface area (Å²) in [7, 11) is 0. The summed E-state index contributed by atoms with van der Waals surface area (Å²) in [5.41, 5.74) is 3.12. The molecule has 1 aliphatic heterocycles. The highest BCUT2D eigenvalue weighted by atomic mass is 19.1. The van der Waals surface area contributed by atoms with Crippen molar-refractivity contribution in [3.63, 3.8) is 0 Å². The number of nitrogens with one attached hydrogen (secondary N) is 1. The van der Waals surface area contributed by atoms with Crippen LogP contribution in [0.1, 0.15) is 11.1 Å². The van der Waals surface area contributed by atoms with Gasteiger partial charge >= 0.3 is 6.09 Å². The van der Waals surface area contributed by atoms with Crippen LogP contribution >= 0.6 is 0 Å². The first-order valence-corrected chi connectivity index (χ1v) is 10.5. The zero-order valence-electron chi connectivity index (χ0n) is 17.3. The van der Waals surface area contributed by atoms with E-state index in [1.54, 1.807) is 12.1 Å². The number of hydrogen-bond acceptors (Lipinski definition) is 4. The minimum absolute atomic E-state index is 0.167. The summed E-state index contributed by atoms with van der Waals surface area (Å²) < 4.78 is 19.9. The number of carbonyl (C=O) groups is 1. The van der Waals surface area contributed by atoms with Crippen molar-refractivity contribution in [3.05, 3.63) is 95.8 Å².